The molecule has 0 aromatic heterocycles. The molecule has 1 amide bonds. The van der Waals surface area contributed by atoms with Gasteiger partial charge in [0.15, 0.2) is 0 Å². The van der Waals surface area contributed by atoms with Crippen molar-refractivity contribution in [3.63, 3.8) is 0 Å². The fourth-order valence-electron chi connectivity index (χ4n) is 3.43. The number of methoxy groups -OCH3 is 1. The first kappa shape index (κ1) is 20.1. The molecular weight excluding hydrogens is 370 g/mol. The molecule has 0 aliphatic carbocycles. The van der Waals surface area contributed by atoms with Crippen molar-refractivity contribution in [2.75, 3.05) is 7.11 Å². The van der Waals surface area contributed by atoms with E-state index in [4.69, 9.17) is 9.84 Å². The molecule has 0 saturated heterocycles. The summed E-state index contributed by atoms with van der Waals surface area (Å²) in [6.45, 7) is 3.62. The Balaban J connectivity index is 2.05. The van der Waals surface area contributed by atoms with Gasteiger partial charge in [0.05, 0.1) is 29.9 Å². The number of carboxylic acid groups (broad SMARTS) is 1. The third-order valence-corrected chi connectivity index (χ3v) is 4.97. The summed E-state index contributed by atoms with van der Waals surface area (Å²) in [4.78, 5) is 38.3. The molecule has 29 heavy (non-hydrogen) atoms. The van der Waals surface area contributed by atoms with Gasteiger partial charge < -0.3 is 14.7 Å². The van der Waals surface area contributed by atoms with Crippen LogP contribution >= 0.6 is 0 Å². The number of carbonyl (C=O) groups is 3. The Morgan fingerprint density at radius 1 is 1.07 bits per heavy atom. The molecule has 0 unspecified atom stereocenters. The number of rotatable bonds is 5. The van der Waals surface area contributed by atoms with Gasteiger partial charge in [0.2, 0.25) is 0 Å². The first-order valence-corrected chi connectivity index (χ1v) is 9.08. The number of nitrogens with zero attached hydrogens (tertiary/aromatic N) is 1. The predicted octanol–water partition coefficient (Wildman–Crippen LogP) is 3.82. The molecule has 0 radical (unpaired) electrons. The van der Waals surface area contributed by atoms with Crippen LogP contribution in [0.2, 0.25) is 0 Å². The molecule has 1 N–H and O–H groups in total. The van der Waals surface area contributed by atoms with Crippen molar-refractivity contribution < 1.29 is 24.2 Å². The lowest BCUT2D eigenvalue weighted by atomic mass is 10.0. The van der Waals surface area contributed by atoms with Crippen molar-refractivity contribution in [3.05, 3.63) is 88.1 Å². The van der Waals surface area contributed by atoms with Crippen molar-refractivity contribution >= 4 is 23.9 Å². The van der Waals surface area contributed by atoms with E-state index >= 15 is 0 Å². The van der Waals surface area contributed by atoms with E-state index in [1.54, 1.807) is 30.0 Å². The van der Waals surface area contributed by atoms with E-state index in [0.717, 1.165) is 5.56 Å². The van der Waals surface area contributed by atoms with Gasteiger partial charge >= 0.3 is 11.9 Å². The predicted molar refractivity (Wildman–Crippen MR) is 108 cm³/mol. The average molecular weight is 391 g/mol. The van der Waals surface area contributed by atoms with Gasteiger partial charge in [-0.1, -0.05) is 42.5 Å². The smallest absolute Gasteiger partial charge is 0.340 e. The molecule has 1 aliphatic heterocycles. The molecule has 6 heteroatoms. The minimum atomic E-state index is -1.03. The van der Waals surface area contributed by atoms with Crippen molar-refractivity contribution in [2.45, 2.75) is 19.9 Å². The van der Waals surface area contributed by atoms with Crippen molar-refractivity contribution in [2.24, 2.45) is 0 Å². The lowest BCUT2D eigenvalue weighted by Gasteiger charge is -2.26. The third-order valence-electron chi connectivity index (χ3n) is 4.97. The van der Waals surface area contributed by atoms with Gasteiger partial charge in [0.1, 0.15) is 0 Å². The fourth-order valence-corrected chi connectivity index (χ4v) is 3.43. The van der Waals surface area contributed by atoms with E-state index in [-0.39, 0.29) is 28.7 Å². The Kier molecular flexibility index (Phi) is 5.64. The minimum Gasteiger partial charge on any atom is -0.478 e. The van der Waals surface area contributed by atoms with Gasteiger partial charge in [0.25, 0.3) is 5.91 Å². The molecule has 0 saturated carbocycles. The van der Waals surface area contributed by atoms with Crippen LogP contribution in [0.25, 0.3) is 6.08 Å². The number of allylic oxidation sites excluding steroid dienone is 1. The molecule has 3 rings (SSSR count). The second-order valence-electron chi connectivity index (χ2n) is 6.70. The van der Waals surface area contributed by atoms with Crippen molar-refractivity contribution in [1.82, 2.24) is 4.90 Å². The number of carbonyl (C=O) groups excluding carboxylic acids is 2. The Morgan fingerprint density at radius 3 is 2.24 bits per heavy atom. The number of esters is 1. The maximum absolute atomic E-state index is 13.3. The molecular formula is C23H21NO5. The number of benzene rings is 2. The van der Waals surface area contributed by atoms with E-state index < -0.39 is 11.9 Å². The first-order chi connectivity index (χ1) is 13.8. The number of hydrogen-bond acceptors (Lipinski definition) is 4. The normalized spacial score (nSPS) is 16.3. The Hall–Kier alpha value is -3.67. The van der Waals surface area contributed by atoms with Crippen LogP contribution in [-0.2, 0) is 14.3 Å². The monoisotopic (exact) mass is 391 g/mol. The third kappa shape index (κ3) is 3.82. The number of ether oxygens (including phenoxy) is 1. The molecule has 2 aromatic carbocycles. The van der Waals surface area contributed by atoms with Gasteiger partial charge in [-0.15, -0.1) is 0 Å². The van der Waals surface area contributed by atoms with Gasteiger partial charge in [-0.2, -0.15) is 0 Å². The van der Waals surface area contributed by atoms with Crippen LogP contribution in [0.5, 0.6) is 0 Å². The van der Waals surface area contributed by atoms with Gasteiger partial charge in [-0.05, 0) is 43.2 Å². The second kappa shape index (κ2) is 8.14. The van der Waals surface area contributed by atoms with Crippen LogP contribution in [0.3, 0.4) is 0 Å². The van der Waals surface area contributed by atoms with E-state index in [1.807, 2.05) is 37.3 Å². The topological polar surface area (TPSA) is 83.9 Å². The zero-order valence-corrected chi connectivity index (χ0v) is 16.4. The molecule has 2 aromatic rings. The minimum absolute atomic E-state index is 0.143. The maximum Gasteiger partial charge on any atom is 0.340 e. The Morgan fingerprint density at radius 2 is 1.69 bits per heavy atom. The summed E-state index contributed by atoms with van der Waals surface area (Å²) in [6, 6.07) is 15.4. The summed E-state index contributed by atoms with van der Waals surface area (Å²) in [5, 5.41) is 9.04. The summed E-state index contributed by atoms with van der Waals surface area (Å²) in [6.07, 6.45) is 1.58. The van der Waals surface area contributed by atoms with Crippen LogP contribution in [0.4, 0.5) is 0 Å². The van der Waals surface area contributed by atoms with E-state index in [0.29, 0.717) is 11.3 Å². The molecule has 1 atom stereocenters. The summed E-state index contributed by atoms with van der Waals surface area (Å²) < 4.78 is 4.91. The van der Waals surface area contributed by atoms with Crippen molar-refractivity contribution in [1.29, 1.82) is 0 Å². The molecule has 0 fully saturated rings. The Labute approximate surface area is 168 Å². The number of carboxylic acids is 1. The lowest BCUT2D eigenvalue weighted by Crippen LogP contribution is -2.28. The SMILES string of the molecule is COC(=O)C1=C(C)N([C@H](C)c2ccccc2)C(=O)/C1=C\c1ccc(C(=O)O)cc1. The number of aromatic carboxylic acids is 1. The molecule has 0 spiro atoms. The largest absolute Gasteiger partial charge is 0.478 e. The number of amides is 1. The summed E-state index contributed by atoms with van der Waals surface area (Å²) >= 11 is 0. The van der Waals surface area contributed by atoms with Gasteiger partial charge in [-0.3, -0.25) is 4.79 Å². The summed E-state index contributed by atoms with van der Waals surface area (Å²) in [7, 11) is 1.27. The molecule has 1 aliphatic rings. The second-order valence-corrected chi connectivity index (χ2v) is 6.70. The molecule has 0 bridgehead atoms. The Bertz CT molecular complexity index is 1020. The fraction of sp³-hybridized carbons (Fsp3) is 0.174. The van der Waals surface area contributed by atoms with E-state index in [2.05, 4.69) is 0 Å². The van der Waals surface area contributed by atoms with Gasteiger partial charge in [0, 0.05) is 5.70 Å². The van der Waals surface area contributed by atoms with Crippen LogP contribution in [0, 0.1) is 0 Å². The first-order valence-electron chi connectivity index (χ1n) is 9.08. The quantitative estimate of drug-likeness (QED) is 0.619. The highest BCUT2D eigenvalue weighted by atomic mass is 16.5. The van der Waals surface area contributed by atoms with E-state index in [1.165, 1.54) is 19.2 Å². The van der Waals surface area contributed by atoms with Crippen LogP contribution < -0.4 is 0 Å². The molecule has 6 nitrogen and oxygen atoms in total. The van der Waals surface area contributed by atoms with Gasteiger partial charge in [-0.25, -0.2) is 9.59 Å². The standard InChI is InChI=1S/C23H21NO5/c1-14(17-7-5-4-6-8-17)24-15(2)20(23(28)29-3)19(21(24)25)13-16-9-11-18(12-10-16)22(26)27/h4-14H,1-3H3,(H,26,27)/b19-13-/t14-/m1/s1. The lowest BCUT2D eigenvalue weighted by molar-refractivity contribution is -0.136. The van der Waals surface area contributed by atoms with Crippen LogP contribution in [0.15, 0.2) is 71.4 Å². The average Bonchev–Trinajstić information content (AvgIpc) is 2.97. The maximum atomic E-state index is 13.3. The summed E-state index contributed by atoms with van der Waals surface area (Å²) in [5.41, 5.74) is 2.65. The van der Waals surface area contributed by atoms with Crippen LogP contribution in [0.1, 0.15) is 41.4 Å². The highest BCUT2D eigenvalue weighted by molar-refractivity contribution is 6.16. The van der Waals surface area contributed by atoms with Crippen LogP contribution in [-0.4, -0.2) is 35.0 Å². The molecule has 1 heterocycles. The van der Waals surface area contributed by atoms with Crippen molar-refractivity contribution in [3.8, 4) is 0 Å². The zero-order chi connectivity index (χ0) is 21.1. The zero-order valence-electron chi connectivity index (χ0n) is 16.4. The molecule has 148 valence electrons. The summed E-state index contributed by atoms with van der Waals surface area (Å²) in [5.74, 6) is -1.93. The highest BCUT2D eigenvalue weighted by Gasteiger charge is 2.39. The highest BCUT2D eigenvalue weighted by Crippen LogP contribution is 2.37. The van der Waals surface area contributed by atoms with E-state index in [9.17, 15) is 14.4 Å². The number of hydrogen-bond donors (Lipinski definition) is 1.